The number of hydrogen-bond acceptors (Lipinski definition) is 3. The Kier molecular flexibility index (Phi) is 5.08. The number of amides is 1. The van der Waals surface area contributed by atoms with Gasteiger partial charge in [-0.2, -0.15) is 0 Å². The van der Waals surface area contributed by atoms with Crippen molar-refractivity contribution < 1.29 is 13.2 Å². The Balaban J connectivity index is 2.00. The number of carbonyl (C=O) groups is 1. The number of nitrogens with zero attached hydrogens (tertiary/aromatic N) is 2. The van der Waals surface area contributed by atoms with Crippen LogP contribution >= 0.6 is 0 Å². The molecule has 6 heteroatoms. The molecule has 0 N–H and O–H groups in total. The Hall–Kier alpha value is -2.34. The summed E-state index contributed by atoms with van der Waals surface area (Å²) in [6.45, 7) is 3.07. The van der Waals surface area contributed by atoms with Crippen molar-refractivity contribution in [3.63, 3.8) is 0 Å². The van der Waals surface area contributed by atoms with E-state index in [9.17, 15) is 13.2 Å². The van der Waals surface area contributed by atoms with Gasteiger partial charge < -0.3 is 4.90 Å². The van der Waals surface area contributed by atoms with E-state index in [-0.39, 0.29) is 17.3 Å². The zero-order valence-corrected chi connectivity index (χ0v) is 15.1. The smallest absolute Gasteiger partial charge is 0.264 e. The van der Waals surface area contributed by atoms with Crippen LogP contribution in [0.15, 0.2) is 59.5 Å². The van der Waals surface area contributed by atoms with Gasteiger partial charge in [-0.3, -0.25) is 9.10 Å². The predicted molar refractivity (Wildman–Crippen MR) is 98.0 cm³/mol. The van der Waals surface area contributed by atoms with Crippen LogP contribution in [0.2, 0.25) is 0 Å². The third-order valence-electron chi connectivity index (χ3n) is 4.45. The third kappa shape index (κ3) is 3.69. The van der Waals surface area contributed by atoms with Crippen LogP contribution in [0.1, 0.15) is 18.4 Å². The molecule has 25 heavy (non-hydrogen) atoms. The minimum Gasteiger partial charge on any atom is -0.341 e. The number of aryl methyl sites for hydroxylation is 1. The van der Waals surface area contributed by atoms with E-state index in [0.29, 0.717) is 18.8 Å². The van der Waals surface area contributed by atoms with E-state index < -0.39 is 10.0 Å². The average molecular weight is 358 g/mol. The number of likely N-dealkylation sites (tertiary alicyclic amines) is 1. The molecule has 0 atom stereocenters. The Bertz CT molecular complexity index is 844. The van der Waals surface area contributed by atoms with Crippen molar-refractivity contribution in [2.75, 3.05) is 23.9 Å². The predicted octanol–water partition coefficient (Wildman–Crippen LogP) is 2.81. The largest absolute Gasteiger partial charge is 0.341 e. The summed E-state index contributed by atoms with van der Waals surface area (Å²) in [4.78, 5) is 14.6. The molecular formula is C19H22N2O3S. The van der Waals surface area contributed by atoms with Gasteiger partial charge in [0.15, 0.2) is 0 Å². The number of carbonyl (C=O) groups excluding carboxylic acids is 1. The van der Waals surface area contributed by atoms with Crippen molar-refractivity contribution in [2.24, 2.45) is 0 Å². The van der Waals surface area contributed by atoms with Gasteiger partial charge in [0.1, 0.15) is 6.54 Å². The van der Waals surface area contributed by atoms with Crippen LogP contribution in [0.5, 0.6) is 0 Å². The molecule has 132 valence electrons. The Morgan fingerprint density at radius 2 is 1.60 bits per heavy atom. The standard InChI is InChI=1S/C19H22N2O3S/c1-16-9-5-6-12-18(16)21(15-19(22)20-13-7-8-14-20)25(23,24)17-10-3-2-4-11-17/h2-6,9-12H,7-8,13-15H2,1H3. The van der Waals surface area contributed by atoms with Gasteiger partial charge >= 0.3 is 0 Å². The summed E-state index contributed by atoms with van der Waals surface area (Å²) in [6, 6.07) is 15.5. The van der Waals surface area contributed by atoms with Crippen LogP contribution < -0.4 is 4.31 Å². The zero-order valence-electron chi connectivity index (χ0n) is 14.3. The van der Waals surface area contributed by atoms with Crippen LogP contribution in [-0.4, -0.2) is 38.9 Å². The fourth-order valence-corrected chi connectivity index (χ4v) is 4.55. The highest BCUT2D eigenvalue weighted by Crippen LogP contribution is 2.27. The van der Waals surface area contributed by atoms with E-state index in [2.05, 4.69) is 0 Å². The number of para-hydroxylation sites is 1. The summed E-state index contributed by atoms with van der Waals surface area (Å²) in [5.74, 6) is -0.153. The first-order valence-electron chi connectivity index (χ1n) is 8.41. The summed E-state index contributed by atoms with van der Waals surface area (Å²) in [6.07, 6.45) is 1.95. The monoisotopic (exact) mass is 358 g/mol. The maximum atomic E-state index is 13.2. The Morgan fingerprint density at radius 1 is 1.00 bits per heavy atom. The minimum atomic E-state index is -3.82. The highest BCUT2D eigenvalue weighted by Gasteiger charge is 2.30. The van der Waals surface area contributed by atoms with E-state index in [4.69, 9.17) is 0 Å². The lowest BCUT2D eigenvalue weighted by molar-refractivity contribution is -0.128. The fraction of sp³-hybridized carbons (Fsp3) is 0.316. The summed E-state index contributed by atoms with van der Waals surface area (Å²) >= 11 is 0. The first-order valence-corrected chi connectivity index (χ1v) is 9.85. The molecule has 0 radical (unpaired) electrons. The molecule has 2 aromatic carbocycles. The first-order chi connectivity index (χ1) is 12.0. The first kappa shape index (κ1) is 17.5. The minimum absolute atomic E-state index is 0.153. The zero-order chi connectivity index (χ0) is 17.9. The van der Waals surface area contributed by atoms with Crippen LogP contribution in [0.3, 0.4) is 0 Å². The lowest BCUT2D eigenvalue weighted by atomic mass is 10.2. The van der Waals surface area contributed by atoms with Gasteiger partial charge in [0.25, 0.3) is 10.0 Å². The quantitative estimate of drug-likeness (QED) is 0.826. The van der Waals surface area contributed by atoms with Crippen LogP contribution in [0, 0.1) is 6.92 Å². The van der Waals surface area contributed by atoms with Gasteiger partial charge in [-0.1, -0.05) is 36.4 Å². The second-order valence-corrected chi connectivity index (χ2v) is 8.06. The molecule has 1 heterocycles. The Labute approximate surface area is 148 Å². The third-order valence-corrected chi connectivity index (χ3v) is 6.23. The fourth-order valence-electron chi connectivity index (χ4n) is 3.05. The normalized spacial score (nSPS) is 14.5. The lowest BCUT2D eigenvalue weighted by Gasteiger charge is -2.27. The molecule has 5 nitrogen and oxygen atoms in total. The molecule has 0 aromatic heterocycles. The second-order valence-electron chi connectivity index (χ2n) is 6.20. The van der Waals surface area contributed by atoms with Gasteiger partial charge in [0, 0.05) is 13.1 Å². The van der Waals surface area contributed by atoms with E-state index in [1.54, 1.807) is 47.4 Å². The second kappa shape index (κ2) is 7.27. The van der Waals surface area contributed by atoms with Crippen molar-refractivity contribution in [2.45, 2.75) is 24.7 Å². The van der Waals surface area contributed by atoms with Gasteiger partial charge in [-0.25, -0.2) is 8.42 Å². The highest BCUT2D eigenvalue weighted by molar-refractivity contribution is 7.92. The summed E-state index contributed by atoms with van der Waals surface area (Å²) in [7, 11) is -3.82. The summed E-state index contributed by atoms with van der Waals surface area (Å²) in [5, 5.41) is 0. The van der Waals surface area contributed by atoms with E-state index in [0.717, 1.165) is 18.4 Å². The number of anilines is 1. The molecular weight excluding hydrogens is 336 g/mol. The molecule has 0 bridgehead atoms. The SMILES string of the molecule is Cc1ccccc1N(CC(=O)N1CCCC1)S(=O)(=O)c1ccccc1. The Morgan fingerprint density at radius 3 is 2.24 bits per heavy atom. The maximum Gasteiger partial charge on any atom is 0.264 e. The lowest BCUT2D eigenvalue weighted by Crippen LogP contribution is -2.42. The van der Waals surface area contributed by atoms with Crippen molar-refractivity contribution in [1.29, 1.82) is 0 Å². The summed E-state index contributed by atoms with van der Waals surface area (Å²) < 4.78 is 27.6. The van der Waals surface area contributed by atoms with Crippen molar-refractivity contribution in [3.8, 4) is 0 Å². The van der Waals surface area contributed by atoms with Crippen molar-refractivity contribution in [1.82, 2.24) is 4.90 Å². The van der Waals surface area contributed by atoms with Crippen molar-refractivity contribution in [3.05, 3.63) is 60.2 Å². The molecule has 1 saturated heterocycles. The van der Waals surface area contributed by atoms with Crippen LogP contribution in [0.25, 0.3) is 0 Å². The molecule has 1 aliphatic heterocycles. The van der Waals surface area contributed by atoms with Crippen LogP contribution in [-0.2, 0) is 14.8 Å². The van der Waals surface area contributed by atoms with Gasteiger partial charge in [-0.05, 0) is 43.5 Å². The molecule has 0 aliphatic carbocycles. The molecule has 1 amide bonds. The number of rotatable bonds is 5. The molecule has 1 fully saturated rings. The van der Waals surface area contributed by atoms with Gasteiger partial charge in [0.05, 0.1) is 10.6 Å². The highest BCUT2D eigenvalue weighted by atomic mass is 32.2. The summed E-state index contributed by atoms with van der Waals surface area (Å²) in [5.41, 5.74) is 1.36. The number of sulfonamides is 1. The van der Waals surface area contributed by atoms with Gasteiger partial charge in [-0.15, -0.1) is 0 Å². The molecule has 2 aromatic rings. The average Bonchev–Trinajstić information content (AvgIpc) is 3.16. The molecule has 0 saturated carbocycles. The van der Waals surface area contributed by atoms with Crippen LogP contribution in [0.4, 0.5) is 5.69 Å². The van der Waals surface area contributed by atoms with Crippen molar-refractivity contribution >= 4 is 21.6 Å². The maximum absolute atomic E-state index is 13.2. The van der Waals surface area contributed by atoms with Gasteiger partial charge in [0.2, 0.25) is 5.91 Å². The number of hydrogen-bond donors (Lipinski definition) is 0. The topological polar surface area (TPSA) is 57.7 Å². The van der Waals surface area contributed by atoms with E-state index in [1.807, 2.05) is 19.1 Å². The number of benzene rings is 2. The molecule has 0 unspecified atom stereocenters. The van der Waals surface area contributed by atoms with E-state index in [1.165, 1.54) is 4.31 Å². The molecule has 1 aliphatic rings. The molecule has 3 rings (SSSR count). The molecule has 0 spiro atoms. The van der Waals surface area contributed by atoms with E-state index >= 15 is 0 Å².